The van der Waals surface area contributed by atoms with Crippen LogP contribution in [0.5, 0.6) is 0 Å². The smallest absolute Gasteiger partial charge is 0.232 e. The van der Waals surface area contributed by atoms with Crippen LogP contribution in [0.25, 0.3) is 0 Å². The van der Waals surface area contributed by atoms with Crippen molar-refractivity contribution in [2.45, 2.75) is 32.2 Å². The zero-order valence-corrected chi connectivity index (χ0v) is 21.8. The molecule has 3 aromatic carbocycles. The third kappa shape index (κ3) is 6.44. The molecule has 0 saturated carbocycles. The predicted octanol–water partition coefficient (Wildman–Crippen LogP) is 4.27. The maximum absolute atomic E-state index is 13.1. The van der Waals surface area contributed by atoms with Crippen molar-refractivity contribution >= 4 is 45.5 Å². The van der Waals surface area contributed by atoms with Crippen LogP contribution in [0.1, 0.15) is 35.1 Å². The summed E-state index contributed by atoms with van der Waals surface area (Å²) in [5.74, 6) is 0.0636. The van der Waals surface area contributed by atoms with Crippen LogP contribution < -0.4 is 14.9 Å². The van der Waals surface area contributed by atoms with Crippen molar-refractivity contribution in [3.05, 3.63) is 95.1 Å². The van der Waals surface area contributed by atoms with E-state index < -0.39 is 10.0 Å². The van der Waals surface area contributed by atoms with Gasteiger partial charge < -0.3 is 10.6 Å². The number of sulfonamides is 1. The Bertz CT molecular complexity index is 1330. The van der Waals surface area contributed by atoms with Crippen molar-refractivity contribution in [1.82, 2.24) is 0 Å². The Hall–Kier alpha value is -3.36. The molecule has 3 N–H and O–H groups in total. The summed E-state index contributed by atoms with van der Waals surface area (Å²) >= 11 is 0. The lowest BCUT2D eigenvalue weighted by Crippen LogP contribution is -2.36. The van der Waals surface area contributed by atoms with Crippen LogP contribution in [0.15, 0.2) is 72.8 Å². The minimum absolute atomic E-state index is 0. The van der Waals surface area contributed by atoms with E-state index in [1.165, 1.54) is 10.6 Å². The second kappa shape index (κ2) is 11.6. The van der Waals surface area contributed by atoms with Crippen molar-refractivity contribution in [1.29, 1.82) is 5.41 Å². The number of hydrogen-bond acceptors (Lipinski definition) is 4. The summed E-state index contributed by atoms with van der Waals surface area (Å²) in [6.45, 7) is 0.901. The van der Waals surface area contributed by atoms with Crippen LogP contribution in [0.4, 0.5) is 11.4 Å². The summed E-state index contributed by atoms with van der Waals surface area (Å²) in [6.07, 6.45) is 3.80. The van der Waals surface area contributed by atoms with E-state index in [4.69, 9.17) is 11.1 Å². The normalized spacial score (nSPS) is 12.9. The zero-order valence-electron chi connectivity index (χ0n) is 20.2. The van der Waals surface area contributed by atoms with Gasteiger partial charge in [-0.2, -0.15) is 0 Å². The molecule has 3 aromatic rings. The summed E-state index contributed by atoms with van der Waals surface area (Å²) < 4.78 is 26.6. The number of carbonyl (C=O) groups excluding carboxylic acids is 1. The number of aryl methyl sites for hydroxylation is 2. The lowest BCUT2D eigenvalue weighted by molar-refractivity contribution is -0.118. The van der Waals surface area contributed by atoms with Crippen molar-refractivity contribution in [3.8, 4) is 0 Å². The van der Waals surface area contributed by atoms with Crippen molar-refractivity contribution in [2.75, 3.05) is 22.0 Å². The van der Waals surface area contributed by atoms with Gasteiger partial charge in [-0.15, -0.1) is 12.4 Å². The maximum atomic E-state index is 13.1. The number of rotatable bonds is 8. The average molecular weight is 527 g/mol. The standard InChI is InChI=1S/C27H30N4O3S.ClH/c1-35(33,34)31(19-21-6-3-2-4-7-21)24-14-15-25-23(18-24)8-5-17-30(25)26(32)16-11-20-9-12-22(13-10-20)27(28)29;/h2-4,6-7,9-10,12-15,18H,5,8,11,16-17,19H2,1H3,(H3,28,29);1H. The van der Waals surface area contributed by atoms with Crippen LogP contribution in [0.2, 0.25) is 0 Å². The highest BCUT2D eigenvalue weighted by Crippen LogP contribution is 2.33. The van der Waals surface area contributed by atoms with Gasteiger partial charge in [0.1, 0.15) is 5.84 Å². The van der Waals surface area contributed by atoms with E-state index in [1.807, 2.05) is 59.5 Å². The monoisotopic (exact) mass is 526 g/mol. The average Bonchev–Trinajstić information content (AvgIpc) is 2.85. The molecule has 1 amide bonds. The summed E-state index contributed by atoms with van der Waals surface area (Å²) in [5.41, 5.74) is 10.5. The number of amides is 1. The van der Waals surface area contributed by atoms with Gasteiger partial charge >= 0.3 is 0 Å². The van der Waals surface area contributed by atoms with Gasteiger partial charge in [-0.25, -0.2) is 8.42 Å². The highest BCUT2D eigenvalue weighted by molar-refractivity contribution is 7.92. The van der Waals surface area contributed by atoms with Crippen molar-refractivity contribution in [2.24, 2.45) is 5.73 Å². The minimum Gasteiger partial charge on any atom is -0.384 e. The molecular formula is C27H31ClN4O3S. The van der Waals surface area contributed by atoms with Gasteiger partial charge in [0.15, 0.2) is 0 Å². The fraction of sp³-hybridized carbons (Fsp3) is 0.259. The molecule has 1 aliphatic heterocycles. The van der Waals surface area contributed by atoms with E-state index in [0.29, 0.717) is 30.6 Å². The maximum Gasteiger partial charge on any atom is 0.232 e. The number of fused-ring (bicyclic) bond motifs is 1. The topological polar surface area (TPSA) is 108 Å². The first-order chi connectivity index (χ1) is 16.7. The van der Waals surface area contributed by atoms with E-state index in [9.17, 15) is 13.2 Å². The quantitative estimate of drug-likeness (QED) is 0.337. The molecule has 190 valence electrons. The number of halogens is 1. The van der Waals surface area contributed by atoms with Crippen molar-refractivity contribution in [3.63, 3.8) is 0 Å². The molecule has 0 saturated heterocycles. The molecule has 7 nitrogen and oxygen atoms in total. The van der Waals surface area contributed by atoms with Gasteiger partial charge in [0.05, 0.1) is 18.5 Å². The summed E-state index contributed by atoms with van der Waals surface area (Å²) in [5, 5.41) is 7.49. The van der Waals surface area contributed by atoms with Gasteiger partial charge in [0.2, 0.25) is 15.9 Å². The molecule has 1 heterocycles. The van der Waals surface area contributed by atoms with Gasteiger partial charge in [-0.3, -0.25) is 14.5 Å². The summed E-state index contributed by atoms with van der Waals surface area (Å²) in [4.78, 5) is 14.9. The molecule has 0 unspecified atom stereocenters. The molecule has 36 heavy (non-hydrogen) atoms. The fourth-order valence-corrected chi connectivity index (χ4v) is 5.26. The highest BCUT2D eigenvalue weighted by atomic mass is 35.5. The van der Waals surface area contributed by atoms with Gasteiger partial charge in [-0.05, 0) is 54.2 Å². The molecule has 0 atom stereocenters. The van der Waals surface area contributed by atoms with Crippen LogP contribution in [-0.2, 0) is 34.2 Å². The largest absolute Gasteiger partial charge is 0.384 e. The number of amidine groups is 1. The third-order valence-electron chi connectivity index (χ3n) is 6.23. The Morgan fingerprint density at radius 3 is 2.36 bits per heavy atom. The SMILES string of the molecule is CS(=O)(=O)N(Cc1ccccc1)c1ccc2c(c1)CCCN2C(=O)CCc1ccc(C(=N)N)cc1.Cl. The molecule has 9 heteroatoms. The molecular weight excluding hydrogens is 496 g/mol. The second-order valence-electron chi connectivity index (χ2n) is 8.83. The number of nitrogens with two attached hydrogens (primary N) is 1. The number of hydrogen-bond donors (Lipinski definition) is 2. The Kier molecular flexibility index (Phi) is 8.76. The molecule has 1 aliphatic rings. The first-order valence-corrected chi connectivity index (χ1v) is 13.5. The Balaban J connectivity index is 0.00000361. The molecule has 0 radical (unpaired) electrons. The Labute approximate surface area is 218 Å². The molecule has 0 fully saturated rings. The van der Waals surface area contributed by atoms with Crippen LogP contribution in [0.3, 0.4) is 0 Å². The fourth-order valence-electron chi connectivity index (χ4n) is 4.38. The van der Waals surface area contributed by atoms with E-state index >= 15 is 0 Å². The summed E-state index contributed by atoms with van der Waals surface area (Å²) in [6, 6.07) is 22.4. The molecule has 4 rings (SSSR count). The number of nitrogens with one attached hydrogen (secondary N) is 1. The number of anilines is 2. The zero-order chi connectivity index (χ0) is 25.0. The number of benzene rings is 3. The van der Waals surface area contributed by atoms with Crippen LogP contribution in [0, 0.1) is 5.41 Å². The molecule has 0 aromatic heterocycles. The van der Waals surface area contributed by atoms with E-state index in [1.54, 1.807) is 18.2 Å². The molecule has 0 aliphatic carbocycles. The van der Waals surface area contributed by atoms with Crippen LogP contribution in [-0.4, -0.2) is 33.0 Å². The van der Waals surface area contributed by atoms with Gasteiger partial charge in [-0.1, -0.05) is 54.6 Å². The Morgan fingerprint density at radius 2 is 1.72 bits per heavy atom. The molecule has 0 bridgehead atoms. The molecule has 0 spiro atoms. The summed E-state index contributed by atoms with van der Waals surface area (Å²) in [7, 11) is -3.49. The van der Waals surface area contributed by atoms with E-state index in [0.717, 1.165) is 35.2 Å². The minimum atomic E-state index is -3.49. The number of carbonyl (C=O) groups is 1. The third-order valence-corrected chi connectivity index (χ3v) is 7.37. The second-order valence-corrected chi connectivity index (χ2v) is 10.7. The van der Waals surface area contributed by atoms with E-state index in [2.05, 4.69) is 0 Å². The highest BCUT2D eigenvalue weighted by Gasteiger charge is 2.25. The van der Waals surface area contributed by atoms with Gasteiger partial charge in [0, 0.05) is 24.2 Å². The van der Waals surface area contributed by atoms with E-state index in [-0.39, 0.29) is 30.7 Å². The lowest BCUT2D eigenvalue weighted by atomic mass is 9.99. The Morgan fingerprint density at radius 1 is 1.03 bits per heavy atom. The number of nitrogen functional groups attached to an aromatic ring is 1. The first-order valence-electron chi connectivity index (χ1n) is 11.6. The predicted molar refractivity (Wildman–Crippen MR) is 148 cm³/mol. The lowest BCUT2D eigenvalue weighted by Gasteiger charge is -2.31. The van der Waals surface area contributed by atoms with Crippen LogP contribution >= 0.6 is 12.4 Å². The number of nitrogens with zero attached hydrogens (tertiary/aromatic N) is 2. The first kappa shape index (κ1) is 27.2. The van der Waals surface area contributed by atoms with Crippen molar-refractivity contribution < 1.29 is 13.2 Å². The van der Waals surface area contributed by atoms with Gasteiger partial charge in [0.25, 0.3) is 0 Å².